The molecule has 2 heteroatoms. The number of rotatable bonds is 4. The normalized spacial score (nSPS) is 11.5. The summed E-state index contributed by atoms with van der Waals surface area (Å²) in [5.41, 5.74) is 4.36. The highest BCUT2D eigenvalue weighted by molar-refractivity contribution is 5.89. The van der Waals surface area contributed by atoms with Crippen molar-refractivity contribution in [2.45, 2.75) is 26.9 Å². The molecule has 2 aromatic carbocycles. The zero-order valence-electron chi connectivity index (χ0n) is 13.8. The molecule has 2 nitrogen and oxygen atoms in total. The minimum absolute atomic E-state index is 0.196. The van der Waals surface area contributed by atoms with Crippen molar-refractivity contribution in [3.8, 4) is 5.75 Å². The molecule has 0 saturated heterocycles. The predicted molar refractivity (Wildman–Crippen MR) is 97.6 cm³/mol. The van der Waals surface area contributed by atoms with Crippen molar-refractivity contribution < 1.29 is 4.74 Å². The van der Waals surface area contributed by atoms with Gasteiger partial charge in [0.25, 0.3) is 0 Å². The maximum atomic E-state index is 5.67. The van der Waals surface area contributed by atoms with Gasteiger partial charge in [-0.1, -0.05) is 48.6 Å². The lowest BCUT2D eigenvalue weighted by Crippen LogP contribution is -2.05. The summed E-state index contributed by atoms with van der Waals surface area (Å²) in [4.78, 5) is 4.66. The van der Waals surface area contributed by atoms with Gasteiger partial charge in [0, 0.05) is 16.6 Å². The van der Waals surface area contributed by atoms with E-state index in [1.165, 1.54) is 5.39 Å². The third-order valence-corrected chi connectivity index (χ3v) is 3.60. The van der Waals surface area contributed by atoms with Gasteiger partial charge in [-0.05, 0) is 44.5 Å². The fraction of sp³-hybridized carbons (Fsp3) is 0.190. The summed E-state index contributed by atoms with van der Waals surface area (Å²) >= 11 is 0. The lowest BCUT2D eigenvalue weighted by molar-refractivity contribution is 0.242. The second-order valence-corrected chi connectivity index (χ2v) is 5.94. The van der Waals surface area contributed by atoms with Gasteiger partial charge in [-0.25, -0.2) is 0 Å². The number of benzene rings is 2. The maximum absolute atomic E-state index is 5.67. The summed E-state index contributed by atoms with van der Waals surface area (Å²) in [6.07, 6.45) is 4.42. The zero-order chi connectivity index (χ0) is 16.2. The maximum Gasteiger partial charge on any atom is 0.119 e. The molecule has 3 aromatic rings. The Hall–Kier alpha value is -2.61. The quantitative estimate of drug-likeness (QED) is 0.594. The Kier molecular flexibility index (Phi) is 4.42. The number of pyridine rings is 1. The van der Waals surface area contributed by atoms with Crippen molar-refractivity contribution in [1.29, 1.82) is 0 Å². The SMILES string of the molecule is Cc1ccc2cccc(/C=C/c3ccc(OC(C)C)cc3)c2n1. The number of aromatic nitrogens is 1. The van der Waals surface area contributed by atoms with E-state index in [0.29, 0.717) is 0 Å². The second kappa shape index (κ2) is 6.66. The molecule has 0 saturated carbocycles. The Balaban J connectivity index is 1.86. The summed E-state index contributed by atoms with van der Waals surface area (Å²) < 4.78 is 5.67. The Labute approximate surface area is 137 Å². The van der Waals surface area contributed by atoms with E-state index in [1.54, 1.807) is 0 Å². The average molecular weight is 303 g/mol. The number of hydrogen-bond acceptors (Lipinski definition) is 2. The Morgan fingerprint density at radius 1 is 0.913 bits per heavy atom. The van der Waals surface area contributed by atoms with Crippen LogP contribution in [0.5, 0.6) is 5.75 Å². The second-order valence-electron chi connectivity index (χ2n) is 5.94. The fourth-order valence-corrected chi connectivity index (χ4v) is 2.52. The van der Waals surface area contributed by atoms with Crippen LogP contribution < -0.4 is 4.74 Å². The first kappa shape index (κ1) is 15.3. The molecule has 0 bridgehead atoms. The van der Waals surface area contributed by atoms with Gasteiger partial charge in [0.15, 0.2) is 0 Å². The molecule has 0 aliphatic rings. The van der Waals surface area contributed by atoms with Crippen LogP contribution in [-0.2, 0) is 0 Å². The Morgan fingerprint density at radius 3 is 2.43 bits per heavy atom. The van der Waals surface area contributed by atoms with E-state index < -0.39 is 0 Å². The van der Waals surface area contributed by atoms with E-state index in [1.807, 2.05) is 39.0 Å². The Bertz CT molecular complexity index is 832. The summed E-state index contributed by atoms with van der Waals surface area (Å²) in [7, 11) is 0. The van der Waals surface area contributed by atoms with Crippen LogP contribution in [0.3, 0.4) is 0 Å². The highest BCUT2D eigenvalue weighted by atomic mass is 16.5. The molecular formula is C21H21NO. The highest BCUT2D eigenvalue weighted by Gasteiger charge is 2.00. The van der Waals surface area contributed by atoms with Gasteiger partial charge in [0.1, 0.15) is 5.75 Å². The fourth-order valence-electron chi connectivity index (χ4n) is 2.52. The van der Waals surface area contributed by atoms with Gasteiger partial charge in [-0.15, -0.1) is 0 Å². The molecule has 3 rings (SSSR count). The number of nitrogens with zero attached hydrogens (tertiary/aromatic N) is 1. The molecule has 0 radical (unpaired) electrons. The first-order chi connectivity index (χ1) is 11.1. The van der Waals surface area contributed by atoms with Gasteiger partial charge in [-0.2, -0.15) is 0 Å². The molecule has 1 heterocycles. The summed E-state index contributed by atoms with van der Waals surface area (Å²) in [6, 6.07) is 18.6. The van der Waals surface area contributed by atoms with E-state index >= 15 is 0 Å². The summed E-state index contributed by atoms with van der Waals surface area (Å²) in [5, 5.41) is 1.17. The van der Waals surface area contributed by atoms with Crippen molar-refractivity contribution in [2.24, 2.45) is 0 Å². The van der Waals surface area contributed by atoms with Crippen molar-refractivity contribution in [2.75, 3.05) is 0 Å². The molecule has 23 heavy (non-hydrogen) atoms. The minimum Gasteiger partial charge on any atom is -0.491 e. The largest absolute Gasteiger partial charge is 0.491 e. The van der Waals surface area contributed by atoms with Crippen LogP contribution in [0.1, 0.15) is 30.7 Å². The van der Waals surface area contributed by atoms with Crippen LogP contribution in [-0.4, -0.2) is 11.1 Å². The standard InChI is InChI=1S/C21H21NO/c1-15(2)23-20-13-9-17(10-14-20)8-12-19-6-4-5-18-11-7-16(3)22-21(18)19/h4-15H,1-3H3/b12-8+. The number of aryl methyl sites for hydroxylation is 1. The third-order valence-electron chi connectivity index (χ3n) is 3.60. The van der Waals surface area contributed by atoms with Crippen LogP contribution in [0.4, 0.5) is 0 Å². The lowest BCUT2D eigenvalue weighted by Gasteiger charge is -2.09. The predicted octanol–water partition coefficient (Wildman–Crippen LogP) is 5.50. The smallest absolute Gasteiger partial charge is 0.119 e. The van der Waals surface area contributed by atoms with Crippen LogP contribution in [0.15, 0.2) is 54.6 Å². The number of para-hydroxylation sites is 1. The van der Waals surface area contributed by atoms with Gasteiger partial charge in [0.05, 0.1) is 11.6 Å². The lowest BCUT2D eigenvalue weighted by atomic mass is 10.1. The van der Waals surface area contributed by atoms with Gasteiger partial charge < -0.3 is 4.74 Å². The van der Waals surface area contributed by atoms with E-state index in [2.05, 4.69) is 53.5 Å². The van der Waals surface area contributed by atoms with Crippen molar-refractivity contribution >= 4 is 23.1 Å². The molecule has 1 aromatic heterocycles. The molecule has 0 spiro atoms. The molecule has 116 valence electrons. The van der Waals surface area contributed by atoms with Crippen LogP contribution in [0, 0.1) is 6.92 Å². The topological polar surface area (TPSA) is 22.1 Å². The van der Waals surface area contributed by atoms with Gasteiger partial charge in [-0.3, -0.25) is 4.98 Å². The zero-order valence-corrected chi connectivity index (χ0v) is 13.8. The van der Waals surface area contributed by atoms with Gasteiger partial charge in [0.2, 0.25) is 0 Å². The number of fused-ring (bicyclic) bond motifs is 1. The molecular weight excluding hydrogens is 282 g/mol. The van der Waals surface area contributed by atoms with E-state index in [-0.39, 0.29) is 6.10 Å². The molecule has 0 aliphatic heterocycles. The molecule has 0 atom stereocenters. The first-order valence-electron chi connectivity index (χ1n) is 7.93. The first-order valence-corrected chi connectivity index (χ1v) is 7.93. The average Bonchev–Trinajstić information content (AvgIpc) is 2.53. The van der Waals surface area contributed by atoms with Crippen LogP contribution in [0.2, 0.25) is 0 Å². The van der Waals surface area contributed by atoms with E-state index in [0.717, 1.165) is 28.1 Å². The molecule has 0 N–H and O–H groups in total. The van der Waals surface area contributed by atoms with Crippen molar-refractivity contribution in [3.05, 3.63) is 71.4 Å². The summed E-state index contributed by atoms with van der Waals surface area (Å²) in [6.45, 7) is 6.08. The van der Waals surface area contributed by atoms with E-state index in [9.17, 15) is 0 Å². The monoisotopic (exact) mass is 303 g/mol. The highest BCUT2D eigenvalue weighted by Crippen LogP contribution is 2.20. The molecule has 0 unspecified atom stereocenters. The number of hydrogen-bond donors (Lipinski definition) is 0. The van der Waals surface area contributed by atoms with Crippen molar-refractivity contribution in [3.63, 3.8) is 0 Å². The molecule has 0 amide bonds. The molecule has 0 aliphatic carbocycles. The van der Waals surface area contributed by atoms with Gasteiger partial charge >= 0.3 is 0 Å². The van der Waals surface area contributed by atoms with E-state index in [4.69, 9.17) is 4.74 Å². The number of ether oxygens (including phenoxy) is 1. The molecule has 0 fully saturated rings. The van der Waals surface area contributed by atoms with Crippen LogP contribution >= 0.6 is 0 Å². The minimum atomic E-state index is 0.196. The van der Waals surface area contributed by atoms with Crippen molar-refractivity contribution in [1.82, 2.24) is 4.98 Å². The van der Waals surface area contributed by atoms with Crippen LogP contribution in [0.25, 0.3) is 23.1 Å². The Morgan fingerprint density at radius 2 is 1.70 bits per heavy atom. The summed E-state index contributed by atoms with van der Waals surface area (Å²) in [5.74, 6) is 0.902. The third kappa shape index (κ3) is 3.78.